The maximum absolute atomic E-state index is 11.1. The molecule has 2 fully saturated rings. The average molecular weight is 541 g/mol. The van der Waals surface area contributed by atoms with Gasteiger partial charge in [0.15, 0.2) is 8.32 Å². The number of fused-ring (bicyclic) bond motifs is 5. The first-order valence-corrected chi connectivity index (χ1v) is 17.9. The summed E-state index contributed by atoms with van der Waals surface area (Å²) in [4.78, 5) is 11.1. The Bertz CT molecular complexity index is 1030. The monoisotopic (exact) mass is 540 g/mol. The van der Waals surface area contributed by atoms with Crippen LogP contribution in [0.4, 0.5) is 0 Å². The van der Waals surface area contributed by atoms with Crippen molar-refractivity contribution in [1.29, 1.82) is 0 Å². The van der Waals surface area contributed by atoms with E-state index in [1.165, 1.54) is 24.0 Å². The molecule has 38 heavy (non-hydrogen) atoms. The zero-order valence-corrected chi connectivity index (χ0v) is 26.1. The van der Waals surface area contributed by atoms with Gasteiger partial charge in [0.2, 0.25) is 0 Å². The number of carboxylic acid groups (broad SMARTS) is 1. The van der Waals surface area contributed by atoms with Gasteiger partial charge in [-0.15, -0.1) is 6.58 Å². The van der Waals surface area contributed by atoms with Crippen LogP contribution in [0.5, 0.6) is 5.75 Å². The van der Waals surface area contributed by atoms with E-state index in [0.717, 1.165) is 50.7 Å². The largest absolute Gasteiger partial charge is 0.497 e. The van der Waals surface area contributed by atoms with Gasteiger partial charge in [0, 0.05) is 6.42 Å². The zero-order valence-electron chi connectivity index (χ0n) is 25.1. The molecule has 2 saturated carbocycles. The summed E-state index contributed by atoms with van der Waals surface area (Å²) >= 11 is 0. The molecule has 0 amide bonds. The second-order valence-electron chi connectivity index (χ2n) is 14.3. The lowest BCUT2D eigenvalue weighted by atomic mass is 9.44. The molecule has 0 bridgehead atoms. The highest BCUT2D eigenvalue weighted by molar-refractivity contribution is 6.74. The molecule has 0 heterocycles. The van der Waals surface area contributed by atoms with Gasteiger partial charge in [0.05, 0.1) is 13.2 Å². The van der Waals surface area contributed by atoms with Crippen LogP contribution in [0.15, 0.2) is 30.9 Å². The molecule has 0 radical (unpaired) electrons. The molecule has 0 aliphatic heterocycles. The van der Waals surface area contributed by atoms with E-state index in [9.17, 15) is 4.79 Å². The predicted molar refractivity (Wildman–Crippen MR) is 158 cm³/mol. The Balaban J connectivity index is 1.71. The van der Waals surface area contributed by atoms with Crippen molar-refractivity contribution in [2.45, 2.75) is 122 Å². The van der Waals surface area contributed by atoms with Gasteiger partial charge in [-0.1, -0.05) is 52.7 Å². The van der Waals surface area contributed by atoms with Gasteiger partial charge in [-0.2, -0.15) is 0 Å². The molecular formula is C33H52O4Si. The number of rotatable bonds is 10. The number of benzene rings is 1. The Morgan fingerprint density at radius 2 is 1.95 bits per heavy atom. The summed E-state index contributed by atoms with van der Waals surface area (Å²) in [6, 6.07) is 6.75. The average Bonchev–Trinajstić information content (AvgIpc) is 3.17. The maximum atomic E-state index is 11.1. The van der Waals surface area contributed by atoms with Crippen LogP contribution in [0.25, 0.3) is 0 Å². The van der Waals surface area contributed by atoms with E-state index in [0.29, 0.717) is 23.9 Å². The fourth-order valence-electron chi connectivity index (χ4n) is 8.38. The van der Waals surface area contributed by atoms with Crippen molar-refractivity contribution >= 4 is 14.3 Å². The number of ether oxygens (including phenoxy) is 1. The Labute approximate surface area is 232 Å². The number of hydrogen-bond donors (Lipinski definition) is 1. The van der Waals surface area contributed by atoms with Crippen molar-refractivity contribution in [3.8, 4) is 5.75 Å². The number of allylic oxidation sites excluding steroid dienone is 1. The standard InChI is InChI=1S/C33H52O4Si/c1-9-33-20-19-23-21-25(36-6)15-16-26(23)30(33)24(13-11-10-12-14-29(34)35)22-32(5)27(33)17-18-28(32)37-38(7,8)31(2,3)4/h9,15-16,21,24,27-28,30H,1,10-14,17-20,22H2,2-8H3,(H,34,35)/t24-,27?,28-,30?,32-,33?/m0/s1. The van der Waals surface area contributed by atoms with E-state index >= 15 is 0 Å². The Morgan fingerprint density at radius 3 is 2.58 bits per heavy atom. The fraction of sp³-hybridized carbons (Fsp3) is 0.727. The van der Waals surface area contributed by atoms with Crippen LogP contribution < -0.4 is 4.74 Å². The third-order valence-electron chi connectivity index (χ3n) is 11.3. The van der Waals surface area contributed by atoms with Crippen LogP contribution in [0.2, 0.25) is 18.1 Å². The summed E-state index contributed by atoms with van der Waals surface area (Å²) in [5, 5.41) is 9.31. The third-order valence-corrected chi connectivity index (χ3v) is 15.7. The zero-order chi connectivity index (χ0) is 27.9. The molecule has 3 aliphatic carbocycles. The van der Waals surface area contributed by atoms with Crippen molar-refractivity contribution in [3.05, 3.63) is 42.0 Å². The van der Waals surface area contributed by atoms with Gasteiger partial charge in [0.25, 0.3) is 0 Å². The number of carbonyl (C=O) groups is 1. The van der Waals surface area contributed by atoms with Gasteiger partial charge < -0.3 is 14.3 Å². The van der Waals surface area contributed by atoms with Crippen LogP contribution in [0.3, 0.4) is 0 Å². The van der Waals surface area contributed by atoms with Crippen molar-refractivity contribution in [2.75, 3.05) is 7.11 Å². The second-order valence-corrected chi connectivity index (χ2v) is 19.1. The Kier molecular flexibility index (Phi) is 8.32. The number of aliphatic carboxylic acids is 1. The van der Waals surface area contributed by atoms with Crippen LogP contribution >= 0.6 is 0 Å². The van der Waals surface area contributed by atoms with E-state index < -0.39 is 14.3 Å². The predicted octanol–water partition coefficient (Wildman–Crippen LogP) is 8.76. The van der Waals surface area contributed by atoms with Crippen LogP contribution in [-0.4, -0.2) is 32.6 Å². The maximum Gasteiger partial charge on any atom is 0.303 e. The number of unbranched alkanes of at least 4 members (excludes halogenated alkanes) is 2. The molecule has 1 N–H and O–H groups in total. The summed E-state index contributed by atoms with van der Waals surface area (Å²) in [6.45, 7) is 18.9. The first-order valence-electron chi connectivity index (χ1n) is 15.0. The minimum atomic E-state index is -1.90. The van der Waals surface area contributed by atoms with Gasteiger partial charge in [-0.3, -0.25) is 4.79 Å². The van der Waals surface area contributed by atoms with Crippen LogP contribution in [-0.2, 0) is 15.6 Å². The molecule has 0 aromatic heterocycles. The van der Waals surface area contributed by atoms with Crippen LogP contribution in [0.1, 0.15) is 103 Å². The van der Waals surface area contributed by atoms with Crippen molar-refractivity contribution < 1.29 is 19.1 Å². The molecule has 1 aromatic carbocycles. The Morgan fingerprint density at radius 1 is 1.21 bits per heavy atom. The molecule has 4 nitrogen and oxygen atoms in total. The summed E-state index contributed by atoms with van der Waals surface area (Å²) in [6.07, 6.45) is 12.7. The smallest absolute Gasteiger partial charge is 0.303 e. The second kappa shape index (κ2) is 10.8. The van der Waals surface area contributed by atoms with Crippen LogP contribution in [0, 0.1) is 22.7 Å². The van der Waals surface area contributed by atoms with E-state index in [2.05, 4.69) is 71.6 Å². The highest BCUT2D eigenvalue weighted by Gasteiger charge is 2.64. The van der Waals surface area contributed by atoms with Crippen molar-refractivity contribution in [1.82, 2.24) is 0 Å². The normalized spacial score (nSPS) is 32.7. The SMILES string of the molecule is C=CC12CCc3cc(OC)ccc3C1[C@@H](CCCCCC(=O)O)C[C@@]1(C)C2CC[C@@H]1O[Si](C)(C)C(C)(C)C. The summed E-state index contributed by atoms with van der Waals surface area (Å²) < 4.78 is 12.8. The molecule has 4 rings (SSSR count). The Hall–Kier alpha value is -1.59. The lowest BCUT2D eigenvalue weighted by Gasteiger charge is -2.61. The third kappa shape index (κ3) is 5.14. The number of carboxylic acids is 1. The van der Waals surface area contributed by atoms with Gasteiger partial charge >= 0.3 is 5.97 Å². The lowest BCUT2D eigenvalue weighted by Crippen LogP contribution is -2.56. The van der Waals surface area contributed by atoms with Gasteiger partial charge in [0.1, 0.15) is 5.75 Å². The molecule has 3 unspecified atom stereocenters. The summed E-state index contributed by atoms with van der Waals surface area (Å²) in [5.41, 5.74) is 3.16. The van der Waals surface area contributed by atoms with Crippen molar-refractivity contribution in [3.63, 3.8) is 0 Å². The number of hydrogen-bond acceptors (Lipinski definition) is 3. The lowest BCUT2D eigenvalue weighted by molar-refractivity contribution is -0.137. The molecule has 0 saturated heterocycles. The van der Waals surface area contributed by atoms with Gasteiger partial charge in [-0.05, 0) is 115 Å². The van der Waals surface area contributed by atoms with Gasteiger partial charge in [-0.25, -0.2) is 0 Å². The molecule has 3 aliphatic rings. The molecule has 212 valence electrons. The molecule has 1 aromatic rings. The quantitative estimate of drug-likeness (QED) is 0.183. The highest BCUT2D eigenvalue weighted by Crippen LogP contribution is 2.70. The summed E-state index contributed by atoms with van der Waals surface area (Å²) in [7, 11) is -0.148. The fourth-order valence-corrected chi connectivity index (χ4v) is 9.83. The van der Waals surface area contributed by atoms with E-state index in [1.54, 1.807) is 7.11 Å². The van der Waals surface area contributed by atoms with E-state index in [4.69, 9.17) is 14.3 Å². The highest BCUT2D eigenvalue weighted by atomic mass is 28.4. The first-order chi connectivity index (χ1) is 17.8. The molecule has 5 heteroatoms. The minimum absolute atomic E-state index is 0.0753. The van der Waals surface area contributed by atoms with E-state index in [1.807, 2.05) is 0 Å². The number of methoxy groups -OCH3 is 1. The summed E-state index contributed by atoms with van der Waals surface area (Å²) in [5.74, 6) is 1.83. The molecule has 6 atom stereocenters. The molecular weight excluding hydrogens is 488 g/mol. The van der Waals surface area contributed by atoms with E-state index in [-0.39, 0.29) is 22.3 Å². The van der Waals surface area contributed by atoms with Crippen molar-refractivity contribution in [2.24, 2.45) is 22.7 Å². The topological polar surface area (TPSA) is 55.8 Å². The number of aryl methyl sites for hydroxylation is 1. The molecule has 0 spiro atoms. The minimum Gasteiger partial charge on any atom is -0.497 e. The first kappa shape index (κ1) is 29.4.